The number of nitrogens with one attached hydrogen (secondary N) is 1. The van der Waals surface area contributed by atoms with E-state index in [0.29, 0.717) is 23.5 Å². The van der Waals surface area contributed by atoms with Crippen molar-refractivity contribution in [1.82, 2.24) is 9.78 Å². The van der Waals surface area contributed by atoms with E-state index in [1.807, 2.05) is 20.8 Å². The van der Waals surface area contributed by atoms with Crippen molar-refractivity contribution in [3.05, 3.63) is 44.2 Å². The van der Waals surface area contributed by atoms with Crippen molar-refractivity contribution in [3.63, 3.8) is 0 Å². The van der Waals surface area contributed by atoms with Gasteiger partial charge in [0.15, 0.2) is 0 Å². The van der Waals surface area contributed by atoms with Gasteiger partial charge in [-0.25, -0.2) is 9.48 Å². The van der Waals surface area contributed by atoms with Gasteiger partial charge in [-0.05, 0) is 38.3 Å². The molecule has 0 aliphatic carbocycles. The number of carbonyl (C=O) groups excluding carboxylic acids is 2. The van der Waals surface area contributed by atoms with Gasteiger partial charge in [-0.15, -0.1) is 11.3 Å². The molecule has 8 heteroatoms. The first-order valence-corrected chi connectivity index (χ1v) is 9.43. The number of carbonyl (C=O) groups is 2. The number of thiophene rings is 1. The van der Waals surface area contributed by atoms with Crippen LogP contribution in [-0.4, -0.2) is 28.3 Å². The van der Waals surface area contributed by atoms with Crippen LogP contribution in [0.15, 0.2) is 16.9 Å². The molecular weight excluding hydrogens is 354 g/mol. The van der Waals surface area contributed by atoms with E-state index < -0.39 is 11.9 Å². The van der Waals surface area contributed by atoms with Gasteiger partial charge in [-0.3, -0.25) is 9.59 Å². The Kier molecular flexibility index (Phi) is 6.68. The van der Waals surface area contributed by atoms with Crippen LogP contribution in [0.3, 0.4) is 0 Å². The fourth-order valence-electron chi connectivity index (χ4n) is 2.62. The van der Waals surface area contributed by atoms with E-state index in [1.165, 1.54) is 28.2 Å². The molecule has 0 bridgehead atoms. The monoisotopic (exact) mass is 377 g/mol. The zero-order chi connectivity index (χ0) is 19.3. The van der Waals surface area contributed by atoms with E-state index in [-0.39, 0.29) is 17.9 Å². The number of hydrogen-bond donors (Lipinski definition) is 1. The molecular formula is C18H23N3O4S. The molecule has 1 amide bonds. The number of rotatable bonds is 7. The van der Waals surface area contributed by atoms with Crippen molar-refractivity contribution in [2.45, 2.75) is 47.1 Å². The average molecular weight is 377 g/mol. The minimum atomic E-state index is -0.468. The Bertz CT molecular complexity index is 870. The van der Waals surface area contributed by atoms with Crippen LogP contribution in [-0.2, 0) is 17.7 Å². The molecule has 0 fully saturated rings. The van der Waals surface area contributed by atoms with Crippen molar-refractivity contribution in [1.29, 1.82) is 0 Å². The number of aromatic nitrogens is 2. The summed E-state index contributed by atoms with van der Waals surface area (Å²) < 4.78 is 6.40. The van der Waals surface area contributed by atoms with Gasteiger partial charge in [-0.2, -0.15) is 5.10 Å². The first-order chi connectivity index (χ1) is 12.4. The second kappa shape index (κ2) is 8.75. The molecule has 0 spiro atoms. The Morgan fingerprint density at radius 1 is 1.27 bits per heavy atom. The standard InChI is InChI=1S/C18H23N3O4S/c1-5-10-21-14(22)9-8-13(20-21)16(23)19-17-15(18(24)25-7-3)12(6-2)11(4)26-17/h8-9H,5-7,10H2,1-4H3,(H,19,23). The van der Waals surface area contributed by atoms with Gasteiger partial charge in [0.1, 0.15) is 10.7 Å². The van der Waals surface area contributed by atoms with Crippen molar-refractivity contribution in [3.8, 4) is 0 Å². The number of nitrogens with zero attached hydrogens (tertiary/aromatic N) is 2. The average Bonchev–Trinajstić information content (AvgIpc) is 2.92. The summed E-state index contributed by atoms with van der Waals surface area (Å²) in [5, 5.41) is 7.29. The molecule has 140 valence electrons. The molecule has 0 radical (unpaired) electrons. The molecule has 2 aromatic rings. The topological polar surface area (TPSA) is 90.3 Å². The van der Waals surface area contributed by atoms with E-state index >= 15 is 0 Å². The third kappa shape index (κ3) is 4.19. The molecule has 0 aliphatic heterocycles. The van der Waals surface area contributed by atoms with Crippen LogP contribution < -0.4 is 10.9 Å². The highest BCUT2D eigenvalue weighted by Crippen LogP contribution is 2.34. The van der Waals surface area contributed by atoms with E-state index in [9.17, 15) is 14.4 Å². The van der Waals surface area contributed by atoms with Gasteiger partial charge < -0.3 is 10.1 Å². The van der Waals surface area contributed by atoms with E-state index in [4.69, 9.17) is 4.74 Å². The maximum Gasteiger partial charge on any atom is 0.341 e. The number of aryl methyl sites for hydroxylation is 2. The first kappa shape index (κ1) is 19.8. The van der Waals surface area contributed by atoms with Crippen molar-refractivity contribution >= 4 is 28.2 Å². The van der Waals surface area contributed by atoms with Crippen molar-refractivity contribution in [2.75, 3.05) is 11.9 Å². The molecule has 0 aromatic carbocycles. The van der Waals surface area contributed by atoms with Gasteiger partial charge in [0.2, 0.25) is 0 Å². The van der Waals surface area contributed by atoms with E-state index in [2.05, 4.69) is 10.4 Å². The SMILES string of the molecule is CCCn1nc(C(=O)Nc2sc(C)c(CC)c2C(=O)OCC)ccc1=O. The van der Waals surface area contributed by atoms with Crippen LogP contribution in [0.5, 0.6) is 0 Å². The highest BCUT2D eigenvalue weighted by molar-refractivity contribution is 7.16. The summed E-state index contributed by atoms with van der Waals surface area (Å²) in [6, 6.07) is 2.70. The van der Waals surface area contributed by atoms with Gasteiger partial charge in [0, 0.05) is 17.5 Å². The molecule has 0 saturated carbocycles. The minimum absolute atomic E-state index is 0.122. The molecule has 1 N–H and O–H groups in total. The first-order valence-electron chi connectivity index (χ1n) is 8.61. The molecule has 26 heavy (non-hydrogen) atoms. The smallest absolute Gasteiger partial charge is 0.341 e. The summed E-state index contributed by atoms with van der Waals surface area (Å²) in [4.78, 5) is 37.6. The molecule has 0 saturated heterocycles. The van der Waals surface area contributed by atoms with Crippen molar-refractivity contribution in [2.24, 2.45) is 0 Å². The number of ether oxygens (including phenoxy) is 1. The van der Waals surface area contributed by atoms with Crippen LogP contribution in [0, 0.1) is 6.92 Å². The second-order valence-corrected chi connectivity index (χ2v) is 6.87. The Balaban J connectivity index is 2.36. The van der Waals surface area contributed by atoms with Crippen molar-refractivity contribution < 1.29 is 14.3 Å². The van der Waals surface area contributed by atoms with Gasteiger partial charge in [-0.1, -0.05) is 13.8 Å². The molecule has 7 nitrogen and oxygen atoms in total. The summed E-state index contributed by atoms with van der Waals surface area (Å²) >= 11 is 1.33. The third-order valence-corrected chi connectivity index (χ3v) is 4.87. The maximum atomic E-state index is 12.6. The Morgan fingerprint density at radius 3 is 2.62 bits per heavy atom. The molecule has 0 aliphatic rings. The zero-order valence-electron chi connectivity index (χ0n) is 15.4. The van der Waals surface area contributed by atoms with Crippen LogP contribution in [0.2, 0.25) is 0 Å². The summed E-state index contributed by atoms with van der Waals surface area (Å²) in [6.45, 7) is 8.21. The third-order valence-electron chi connectivity index (χ3n) is 3.80. The molecule has 2 rings (SSSR count). The van der Waals surface area contributed by atoms with Crippen LogP contribution in [0.25, 0.3) is 0 Å². The summed E-state index contributed by atoms with van der Waals surface area (Å²) in [6.07, 6.45) is 1.39. The fraction of sp³-hybridized carbons (Fsp3) is 0.444. The van der Waals surface area contributed by atoms with Gasteiger partial charge in [0.05, 0.1) is 12.2 Å². The Morgan fingerprint density at radius 2 is 2.00 bits per heavy atom. The van der Waals surface area contributed by atoms with Gasteiger partial charge >= 0.3 is 5.97 Å². The summed E-state index contributed by atoms with van der Waals surface area (Å²) in [5.74, 6) is -0.919. The van der Waals surface area contributed by atoms with Gasteiger partial charge in [0.25, 0.3) is 11.5 Å². The number of anilines is 1. The Labute approximate surface area is 156 Å². The highest BCUT2D eigenvalue weighted by Gasteiger charge is 2.24. The lowest BCUT2D eigenvalue weighted by molar-refractivity contribution is 0.0527. The largest absolute Gasteiger partial charge is 0.462 e. The Hall–Kier alpha value is -2.48. The molecule has 0 atom stereocenters. The summed E-state index contributed by atoms with van der Waals surface area (Å²) in [7, 11) is 0. The predicted molar refractivity (Wildman–Crippen MR) is 101 cm³/mol. The highest BCUT2D eigenvalue weighted by atomic mass is 32.1. The molecule has 0 unspecified atom stereocenters. The molecule has 2 heterocycles. The quantitative estimate of drug-likeness (QED) is 0.749. The predicted octanol–water partition coefficient (Wildman–Crippen LogP) is 3.01. The lowest BCUT2D eigenvalue weighted by atomic mass is 10.1. The van der Waals surface area contributed by atoms with Crippen LogP contribution in [0.1, 0.15) is 58.5 Å². The van der Waals surface area contributed by atoms with Crippen LogP contribution in [0.4, 0.5) is 5.00 Å². The minimum Gasteiger partial charge on any atom is -0.462 e. The number of hydrogen-bond acceptors (Lipinski definition) is 6. The maximum absolute atomic E-state index is 12.6. The lowest BCUT2D eigenvalue weighted by Gasteiger charge is -2.09. The number of esters is 1. The fourth-order valence-corrected chi connectivity index (χ4v) is 3.75. The lowest BCUT2D eigenvalue weighted by Crippen LogP contribution is -2.26. The summed E-state index contributed by atoms with van der Waals surface area (Å²) in [5.41, 5.74) is 1.13. The van der Waals surface area contributed by atoms with Crippen LogP contribution >= 0.6 is 11.3 Å². The number of amides is 1. The molecule has 2 aromatic heterocycles. The second-order valence-electron chi connectivity index (χ2n) is 5.65. The van der Waals surface area contributed by atoms with E-state index in [0.717, 1.165) is 16.9 Å². The van der Waals surface area contributed by atoms with E-state index in [1.54, 1.807) is 6.92 Å². The normalized spacial score (nSPS) is 10.6. The zero-order valence-corrected chi connectivity index (χ0v) is 16.2.